The highest BCUT2D eigenvalue weighted by Crippen LogP contribution is 2.39. The maximum absolute atomic E-state index is 13.1. The second kappa shape index (κ2) is 9.02. The summed E-state index contributed by atoms with van der Waals surface area (Å²) in [6.07, 6.45) is 0.562. The van der Waals surface area contributed by atoms with Gasteiger partial charge >= 0.3 is 5.97 Å². The van der Waals surface area contributed by atoms with Gasteiger partial charge in [0.1, 0.15) is 23.4 Å². The highest BCUT2D eigenvalue weighted by atomic mass is 19.1. The second-order valence-electron chi connectivity index (χ2n) is 8.15. The molecule has 0 aromatic heterocycles. The summed E-state index contributed by atoms with van der Waals surface area (Å²) >= 11 is 0. The molecular weight excluding hydrogens is 389 g/mol. The third-order valence-electron chi connectivity index (χ3n) is 5.98. The number of nitrogens with zero attached hydrogens (tertiary/aromatic N) is 1. The summed E-state index contributed by atoms with van der Waals surface area (Å²) in [5.41, 5.74) is 0.956. The summed E-state index contributed by atoms with van der Waals surface area (Å²) in [4.78, 5) is 13.1. The molecule has 160 valence electrons. The van der Waals surface area contributed by atoms with E-state index in [-0.39, 0.29) is 18.5 Å². The zero-order valence-corrected chi connectivity index (χ0v) is 16.6. The highest BCUT2D eigenvalue weighted by Gasteiger charge is 2.42. The minimum absolute atomic E-state index is 0.303. The van der Waals surface area contributed by atoms with Crippen molar-refractivity contribution in [2.75, 3.05) is 19.7 Å². The van der Waals surface area contributed by atoms with Gasteiger partial charge in [-0.05, 0) is 55.0 Å². The molecule has 0 radical (unpaired) electrons. The average Bonchev–Trinajstić information content (AvgIpc) is 3.10. The molecule has 1 saturated carbocycles. The van der Waals surface area contributed by atoms with Gasteiger partial charge in [-0.2, -0.15) is 0 Å². The van der Waals surface area contributed by atoms with Gasteiger partial charge in [0.15, 0.2) is 6.61 Å². The highest BCUT2D eigenvalue weighted by molar-refractivity contribution is 5.68. The molecule has 0 amide bonds. The van der Waals surface area contributed by atoms with Crippen LogP contribution in [0.1, 0.15) is 18.4 Å². The first-order chi connectivity index (χ1) is 14.5. The Hall–Kier alpha value is -2.64. The molecule has 2 fully saturated rings. The Morgan fingerprint density at radius 2 is 1.77 bits per heavy atom. The van der Waals surface area contributed by atoms with E-state index in [2.05, 4.69) is 4.90 Å². The molecular formula is C23H26FNO5. The van der Waals surface area contributed by atoms with E-state index in [4.69, 9.17) is 14.6 Å². The summed E-state index contributed by atoms with van der Waals surface area (Å²) in [5.74, 6) is 0.639. The topological polar surface area (TPSA) is 79.2 Å². The van der Waals surface area contributed by atoms with E-state index in [1.54, 1.807) is 18.2 Å². The third kappa shape index (κ3) is 4.91. The van der Waals surface area contributed by atoms with E-state index in [0.29, 0.717) is 36.3 Å². The Bertz CT molecular complexity index is 874. The Labute approximate surface area is 174 Å². The van der Waals surface area contributed by atoms with Crippen LogP contribution >= 0.6 is 0 Å². The number of carboxylic acid groups (broad SMARTS) is 1. The Kier molecular flexibility index (Phi) is 6.20. The molecule has 0 bridgehead atoms. The molecule has 4 rings (SSSR count). The minimum Gasteiger partial charge on any atom is -0.488 e. The summed E-state index contributed by atoms with van der Waals surface area (Å²) in [5, 5.41) is 19.5. The van der Waals surface area contributed by atoms with Crippen molar-refractivity contribution in [1.82, 2.24) is 4.90 Å². The number of aliphatic hydroxyl groups is 1. The van der Waals surface area contributed by atoms with Crippen LogP contribution in [0.2, 0.25) is 0 Å². The number of halogens is 1. The zero-order valence-electron chi connectivity index (χ0n) is 16.6. The largest absolute Gasteiger partial charge is 0.488 e. The lowest BCUT2D eigenvalue weighted by Gasteiger charge is -2.35. The van der Waals surface area contributed by atoms with E-state index in [0.717, 1.165) is 25.1 Å². The first kappa shape index (κ1) is 20.6. The number of ether oxygens (including phenoxy) is 2. The van der Waals surface area contributed by atoms with Crippen molar-refractivity contribution in [3.63, 3.8) is 0 Å². The van der Waals surface area contributed by atoms with Gasteiger partial charge in [0.25, 0.3) is 0 Å². The molecule has 30 heavy (non-hydrogen) atoms. The number of benzene rings is 2. The van der Waals surface area contributed by atoms with Crippen LogP contribution in [-0.2, 0) is 11.3 Å². The monoisotopic (exact) mass is 415 g/mol. The van der Waals surface area contributed by atoms with Crippen molar-refractivity contribution in [1.29, 1.82) is 0 Å². The van der Waals surface area contributed by atoms with E-state index >= 15 is 0 Å². The average molecular weight is 415 g/mol. The SMILES string of the molecule is O=C(O)COc1ccccc1CN1C[C@H]2C[C@@H](Oc3ccc(F)cc3)[C@H](O)C[C@H]2C1. The fourth-order valence-electron chi connectivity index (χ4n) is 4.59. The van der Waals surface area contributed by atoms with Crippen LogP contribution in [0.3, 0.4) is 0 Å². The van der Waals surface area contributed by atoms with Gasteiger partial charge in [-0.25, -0.2) is 9.18 Å². The molecule has 0 spiro atoms. The van der Waals surface area contributed by atoms with Crippen molar-refractivity contribution in [3.8, 4) is 11.5 Å². The van der Waals surface area contributed by atoms with Crippen LogP contribution in [0.5, 0.6) is 11.5 Å². The molecule has 1 aliphatic heterocycles. The predicted octanol–water partition coefficient (Wildman–Crippen LogP) is 2.94. The second-order valence-corrected chi connectivity index (χ2v) is 8.15. The molecule has 4 atom stereocenters. The molecule has 2 aromatic carbocycles. The summed E-state index contributed by atoms with van der Waals surface area (Å²) < 4.78 is 24.5. The number of para-hydroxylation sites is 1. The van der Waals surface area contributed by atoms with Crippen LogP contribution < -0.4 is 9.47 Å². The number of aliphatic hydroxyl groups excluding tert-OH is 1. The van der Waals surface area contributed by atoms with Gasteiger partial charge in [-0.1, -0.05) is 18.2 Å². The number of hydrogen-bond acceptors (Lipinski definition) is 5. The normalized spacial score (nSPS) is 26.2. The van der Waals surface area contributed by atoms with Gasteiger partial charge in [-0.15, -0.1) is 0 Å². The molecule has 0 unspecified atom stereocenters. The van der Waals surface area contributed by atoms with Crippen molar-refractivity contribution >= 4 is 5.97 Å². The van der Waals surface area contributed by atoms with Crippen molar-refractivity contribution < 1.29 is 28.9 Å². The number of rotatable bonds is 7. The van der Waals surface area contributed by atoms with Gasteiger partial charge in [0.05, 0.1) is 6.10 Å². The summed E-state index contributed by atoms with van der Waals surface area (Å²) in [6.45, 7) is 2.06. The zero-order chi connectivity index (χ0) is 21.1. The lowest BCUT2D eigenvalue weighted by molar-refractivity contribution is -0.139. The third-order valence-corrected chi connectivity index (χ3v) is 5.98. The van der Waals surface area contributed by atoms with Crippen LogP contribution in [-0.4, -0.2) is 53.0 Å². The van der Waals surface area contributed by atoms with Gasteiger partial charge in [-0.3, -0.25) is 4.90 Å². The molecule has 6 nitrogen and oxygen atoms in total. The van der Waals surface area contributed by atoms with E-state index < -0.39 is 12.1 Å². The van der Waals surface area contributed by atoms with Crippen LogP contribution in [0.25, 0.3) is 0 Å². The van der Waals surface area contributed by atoms with E-state index in [9.17, 15) is 14.3 Å². The predicted molar refractivity (Wildman–Crippen MR) is 108 cm³/mol. The molecule has 7 heteroatoms. The van der Waals surface area contributed by atoms with Gasteiger partial charge in [0.2, 0.25) is 0 Å². The quantitative estimate of drug-likeness (QED) is 0.724. The molecule has 2 N–H and O–H groups in total. The van der Waals surface area contributed by atoms with E-state index in [1.807, 2.05) is 18.2 Å². The first-order valence-corrected chi connectivity index (χ1v) is 10.2. The van der Waals surface area contributed by atoms with Crippen molar-refractivity contribution in [2.45, 2.75) is 31.6 Å². The number of aliphatic carboxylic acids is 1. The molecule has 2 aromatic rings. The Morgan fingerprint density at radius 3 is 2.50 bits per heavy atom. The fraction of sp³-hybridized carbons (Fsp3) is 0.435. The van der Waals surface area contributed by atoms with E-state index in [1.165, 1.54) is 12.1 Å². The molecule has 1 saturated heterocycles. The van der Waals surface area contributed by atoms with Gasteiger partial charge < -0.3 is 19.7 Å². The van der Waals surface area contributed by atoms with Crippen LogP contribution in [0, 0.1) is 17.7 Å². The number of carbonyl (C=O) groups is 1. The van der Waals surface area contributed by atoms with Crippen molar-refractivity contribution in [2.24, 2.45) is 11.8 Å². The lowest BCUT2D eigenvalue weighted by Crippen LogP contribution is -2.42. The summed E-state index contributed by atoms with van der Waals surface area (Å²) in [7, 11) is 0. The first-order valence-electron chi connectivity index (χ1n) is 10.2. The molecule has 1 heterocycles. The minimum atomic E-state index is -1.00. The maximum Gasteiger partial charge on any atom is 0.341 e. The number of hydrogen-bond donors (Lipinski definition) is 2. The number of likely N-dealkylation sites (tertiary alicyclic amines) is 1. The summed E-state index contributed by atoms with van der Waals surface area (Å²) in [6, 6.07) is 13.4. The number of carboxylic acids is 1. The smallest absolute Gasteiger partial charge is 0.341 e. The lowest BCUT2D eigenvalue weighted by atomic mass is 9.78. The Balaban J connectivity index is 1.37. The van der Waals surface area contributed by atoms with Crippen molar-refractivity contribution in [3.05, 3.63) is 59.9 Å². The Morgan fingerprint density at radius 1 is 1.07 bits per heavy atom. The fourth-order valence-corrected chi connectivity index (χ4v) is 4.59. The van der Waals surface area contributed by atoms with Gasteiger partial charge in [0, 0.05) is 25.2 Å². The molecule has 2 aliphatic rings. The van der Waals surface area contributed by atoms with Crippen LogP contribution in [0.15, 0.2) is 48.5 Å². The van der Waals surface area contributed by atoms with Crippen LogP contribution in [0.4, 0.5) is 4.39 Å². The standard InChI is InChI=1S/C23H26FNO5/c24-18-5-7-19(8-6-18)30-22-10-17-13-25(12-16(17)9-20(22)26)11-15-3-1-2-4-21(15)29-14-23(27)28/h1-8,16-17,20,22,26H,9-14H2,(H,27,28)/t16-,17+,20+,22+/m0/s1. The molecule has 1 aliphatic carbocycles. The number of fused-ring (bicyclic) bond motifs is 1. The maximum atomic E-state index is 13.1.